The third-order valence-electron chi connectivity index (χ3n) is 2.79. The second-order valence-electron chi connectivity index (χ2n) is 4.78. The average Bonchev–Trinajstić information content (AvgIpc) is 2.29. The van der Waals surface area contributed by atoms with Crippen LogP contribution in [0, 0.1) is 5.92 Å². The van der Waals surface area contributed by atoms with Crippen molar-refractivity contribution in [1.29, 1.82) is 0 Å². The van der Waals surface area contributed by atoms with Gasteiger partial charge in [-0.2, -0.15) is 0 Å². The van der Waals surface area contributed by atoms with E-state index >= 15 is 0 Å². The lowest BCUT2D eigenvalue weighted by Gasteiger charge is -2.22. The van der Waals surface area contributed by atoms with Gasteiger partial charge in [-0.3, -0.25) is 4.79 Å². The van der Waals surface area contributed by atoms with E-state index in [0.29, 0.717) is 32.1 Å². The van der Waals surface area contributed by atoms with Crippen molar-refractivity contribution >= 4 is 5.91 Å². The maximum absolute atomic E-state index is 11.6. The molecule has 0 spiro atoms. The van der Waals surface area contributed by atoms with E-state index in [1.165, 1.54) is 6.42 Å². The van der Waals surface area contributed by atoms with Crippen molar-refractivity contribution in [2.45, 2.75) is 26.2 Å². The van der Waals surface area contributed by atoms with E-state index in [-0.39, 0.29) is 5.91 Å². The number of nitrogens with one attached hydrogen (secondary N) is 2. The van der Waals surface area contributed by atoms with E-state index in [9.17, 15) is 4.79 Å². The van der Waals surface area contributed by atoms with Crippen molar-refractivity contribution in [3.8, 4) is 0 Å². The minimum Gasteiger partial charge on any atom is -0.375 e. The van der Waals surface area contributed by atoms with Crippen LogP contribution in [0.5, 0.6) is 0 Å². The van der Waals surface area contributed by atoms with Gasteiger partial charge in [-0.15, -0.1) is 0 Å². The number of piperidine rings is 1. The van der Waals surface area contributed by atoms with Crippen LogP contribution in [0.3, 0.4) is 0 Å². The molecule has 1 unspecified atom stereocenters. The number of ether oxygens (including phenoxy) is 1. The highest BCUT2D eigenvalue weighted by molar-refractivity contribution is 5.76. The van der Waals surface area contributed by atoms with E-state index < -0.39 is 0 Å². The summed E-state index contributed by atoms with van der Waals surface area (Å²) in [6.07, 6.45) is 2.97. The monoisotopic (exact) mass is 240 g/mol. The highest BCUT2D eigenvalue weighted by Gasteiger charge is 2.16. The third kappa shape index (κ3) is 7.13. The fraction of sp³-hybridized carbons (Fsp3) is 0.769. The Hall–Kier alpha value is -0.870. The molecular formula is C13H24N2O2. The van der Waals surface area contributed by atoms with Crippen molar-refractivity contribution in [3.05, 3.63) is 12.2 Å². The standard InChI is InChI=1S/C13H24N2O2/c1-11(2)10-17-7-6-15-13(16)8-12-4-3-5-14-9-12/h12,14H,1,3-10H2,2H3,(H,15,16). The van der Waals surface area contributed by atoms with Crippen LogP contribution in [0.1, 0.15) is 26.2 Å². The highest BCUT2D eigenvalue weighted by Crippen LogP contribution is 2.13. The molecule has 0 aromatic heterocycles. The first kappa shape index (κ1) is 14.2. The van der Waals surface area contributed by atoms with Crippen LogP contribution in [-0.4, -0.2) is 38.8 Å². The summed E-state index contributed by atoms with van der Waals surface area (Å²) in [7, 11) is 0. The molecule has 1 aliphatic heterocycles. The quantitative estimate of drug-likeness (QED) is 0.517. The van der Waals surface area contributed by atoms with Crippen LogP contribution < -0.4 is 10.6 Å². The molecule has 0 aliphatic carbocycles. The van der Waals surface area contributed by atoms with Crippen molar-refractivity contribution < 1.29 is 9.53 Å². The fourth-order valence-corrected chi connectivity index (χ4v) is 1.94. The smallest absolute Gasteiger partial charge is 0.220 e. The first-order valence-corrected chi connectivity index (χ1v) is 6.38. The average molecular weight is 240 g/mol. The van der Waals surface area contributed by atoms with Crippen LogP contribution in [-0.2, 0) is 9.53 Å². The Kier molecular flexibility index (Phi) is 6.89. The lowest BCUT2D eigenvalue weighted by molar-refractivity contribution is -0.122. The molecule has 0 saturated carbocycles. The molecule has 0 bridgehead atoms. The molecule has 1 saturated heterocycles. The molecular weight excluding hydrogens is 216 g/mol. The van der Waals surface area contributed by atoms with Gasteiger partial charge in [-0.1, -0.05) is 12.2 Å². The van der Waals surface area contributed by atoms with E-state index in [1.807, 2.05) is 6.92 Å². The van der Waals surface area contributed by atoms with Gasteiger partial charge < -0.3 is 15.4 Å². The van der Waals surface area contributed by atoms with Gasteiger partial charge in [0.25, 0.3) is 0 Å². The van der Waals surface area contributed by atoms with Gasteiger partial charge in [0.1, 0.15) is 0 Å². The largest absolute Gasteiger partial charge is 0.375 e. The molecule has 1 rings (SSSR count). The maximum Gasteiger partial charge on any atom is 0.220 e. The van der Waals surface area contributed by atoms with Gasteiger partial charge in [-0.05, 0) is 38.8 Å². The molecule has 1 atom stereocenters. The molecule has 1 fully saturated rings. The number of hydrogen-bond acceptors (Lipinski definition) is 3. The first-order chi connectivity index (χ1) is 8.18. The third-order valence-corrected chi connectivity index (χ3v) is 2.79. The second kappa shape index (κ2) is 8.25. The Bertz CT molecular complexity index is 248. The summed E-state index contributed by atoms with van der Waals surface area (Å²) in [4.78, 5) is 11.6. The summed E-state index contributed by atoms with van der Waals surface area (Å²) in [5.41, 5.74) is 1.00. The van der Waals surface area contributed by atoms with Gasteiger partial charge in [0, 0.05) is 13.0 Å². The van der Waals surface area contributed by atoms with Crippen LogP contribution in [0.4, 0.5) is 0 Å². The zero-order valence-corrected chi connectivity index (χ0v) is 10.8. The van der Waals surface area contributed by atoms with Crippen molar-refractivity contribution in [2.75, 3.05) is 32.8 Å². The summed E-state index contributed by atoms with van der Waals surface area (Å²) in [5, 5.41) is 6.20. The summed E-state index contributed by atoms with van der Waals surface area (Å²) in [6, 6.07) is 0. The van der Waals surface area contributed by atoms with Gasteiger partial charge in [0.05, 0.1) is 13.2 Å². The normalized spacial score (nSPS) is 19.9. The predicted octanol–water partition coefficient (Wildman–Crippen LogP) is 1.08. The molecule has 4 nitrogen and oxygen atoms in total. The summed E-state index contributed by atoms with van der Waals surface area (Å²) >= 11 is 0. The molecule has 2 N–H and O–H groups in total. The first-order valence-electron chi connectivity index (χ1n) is 6.38. The molecule has 1 aliphatic rings. The summed E-state index contributed by atoms with van der Waals surface area (Å²) in [5.74, 6) is 0.637. The summed E-state index contributed by atoms with van der Waals surface area (Å²) in [6.45, 7) is 9.45. The Morgan fingerprint density at radius 1 is 1.59 bits per heavy atom. The SMILES string of the molecule is C=C(C)COCCNC(=O)CC1CCCNC1. The zero-order valence-electron chi connectivity index (χ0n) is 10.8. The molecule has 1 amide bonds. The van der Waals surface area contributed by atoms with Crippen LogP contribution in [0.25, 0.3) is 0 Å². The fourth-order valence-electron chi connectivity index (χ4n) is 1.94. The Labute approximate surface area is 104 Å². The number of hydrogen-bond donors (Lipinski definition) is 2. The molecule has 0 aromatic rings. The topological polar surface area (TPSA) is 50.4 Å². The molecule has 0 aromatic carbocycles. The van der Waals surface area contributed by atoms with Crippen LogP contribution >= 0.6 is 0 Å². The molecule has 4 heteroatoms. The Balaban J connectivity index is 1.98. The second-order valence-corrected chi connectivity index (χ2v) is 4.78. The minimum atomic E-state index is 0.137. The molecule has 1 heterocycles. The molecule has 0 radical (unpaired) electrons. The zero-order chi connectivity index (χ0) is 12.5. The van der Waals surface area contributed by atoms with Crippen molar-refractivity contribution in [1.82, 2.24) is 10.6 Å². The number of amides is 1. The van der Waals surface area contributed by atoms with Crippen LogP contribution in [0.15, 0.2) is 12.2 Å². The minimum absolute atomic E-state index is 0.137. The predicted molar refractivity (Wildman–Crippen MR) is 68.9 cm³/mol. The molecule has 98 valence electrons. The lowest BCUT2D eigenvalue weighted by Crippen LogP contribution is -2.35. The van der Waals surface area contributed by atoms with Gasteiger partial charge >= 0.3 is 0 Å². The van der Waals surface area contributed by atoms with Gasteiger partial charge in [0.15, 0.2) is 0 Å². The van der Waals surface area contributed by atoms with Crippen molar-refractivity contribution in [2.24, 2.45) is 5.92 Å². The number of carbonyl (C=O) groups excluding carboxylic acids is 1. The van der Waals surface area contributed by atoms with E-state index in [1.54, 1.807) is 0 Å². The molecule has 17 heavy (non-hydrogen) atoms. The lowest BCUT2D eigenvalue weighted by atomic mass is 9.96. The van der Waals surface area contributed by atoms with Crippen LogP contribution in [0.2, 0.25) is 0 Å². The van der Waals surface area contributed by atoms with Gasteiger partial charge in [0.2, 0.25) is 5.91 Å². The van der Waals surface area contributed by atoms with E-state index in [0.717, 1.165) is 25.1 Å². The van der Waals surface area contributed by atoms with Crippen molar-refractivity contribution in [3.63, 3.8) is 0 Å². The number of carbonyl (C=O) groups is 1. The Morgan fingerprint density at radius 3 is 3.06 bits per heavy atom. The van der Waals surface area contributed by atoms with E-state index in [2.05, 4.69) is 17.2 Å². The van der Waals surface area contributed by atoms with Gasteiger partial charge in [-0.25, -0.2) is 0 Å². The maximum atomic E-state index is 11.6. The highest BCUT2D eigenvalue weighted by atomic mass is 16.5. The summed E-state index contributed by atoms with van der Waals surface area (Å²) < 4.78 is 5.31. The Morgan fingerprint density at radius 2 is 2.41 bits per heavy atom. The number of rotatable bonds is 7. The van der Waals surface area contributed by atoms with E-state index in [4.69, 9.17) is 4.74 Å².